The maximum absolute atomic E-state index is 12.1. The summed E-state index contributed by atoms with van der Waals surface area (Å²) in [5, 5.41) is 19.1. The molecule has 3 rings (SSSR count). The number of esters is 1. The van der Waals surface area contributed by atoms with E-state index in [1.54, 1.807) is 0 Å². The Hall–Kier alpha value is -2.67. The van der Waals surface area contributed by atoms with E-state index in [1.807, 2.05) is 30.3 Å². The van der Waals surface area contributed by atoms with E-state index in [-0.39, 0.29) is 25.1 Å². The number of aliphatic carboxylic acids is 1. The van der Waals surface area contributed by atoms with Crippen LogP contribution < -0.4 is 0 Å². The lowest BCUT2D eigenvalue weighted by molar-refractivity contribution is -0.161. The highest BCUT2D eigenvalue weighted by molar-refractivity contribution is 6.00. The van der Waals surface area contributed by atoms with Crippen molar-refractivity contribution in [1.82, 2.24) is 4.90 Å². The van der Waals surface area contributed by atoms with Gasteiger partial charge in [-0.25, -0.2) is 4.79 Å². The fourth-order valence-electron chi connectivity index (χ4n) is 3.48. The first-order valence-corrected chi connectivity index (χ1v) is 8.06. The molecule has 0 unspecified atom stereocenters. The van der Waals surface area contributed by atoms with Crippen molar-refractivity contribution < 1.29 is 29.3 Å². The Morgan fingerprint density at radius 3 is 2.60 bits per heavy atom. The molecular weight excluding hydrogens is 326 g/mol. The molecule has 0 aromatic heterocycles. The Morgan fingerprint density at radius 1 is 1.32 bits per heavy atom. The van der Waals surface area contributed by atoms with Gasteiger partial charge in [0.1, 0.15) is 12.3 Å². The molecule has 25 heavy (non-hydrogen) atoms. The van der Waals surface area contributed by atoms with Crippen molar-refractivity contribution in [2.24, 2.45) is 5.92 Å². The number of β-lactam (4-membered cyclic amide) rings is 1. The van der Waals surface area contributed by atoms with Crippen molar-refractivity contribution in [3.05, 3.63) is 47.2 Å². The molecule has 7 nitrogen and oxygen atoms in total. The van der Waals surface area contributed by atoms with E-state index in [1.165, 1.54) is 11.8 Å². The van der Waals surface area contributed by atoms with Crippen LogP contribution in [0.15, 0.2) is 41.6 Å². The third kappa shape index (κ3) is 3.15. The zero-order valence-corrected chi connectivity index (χ0v) is 13.7. The van der Waals surface area contributed by atoms with Crippen LogP contribution in [0.3, 0.4) is 0 Å². The first-order valence-electron chi connectivity index (χ1n) is 8.06. The second kappa shape index (κ2) is 6.68. The van der Waals surface area contributed by atoms with Crippen LogP contribution in [0.1, 0.15) is 25.3 Å². The van der Waals surface area contributed by atoms with Crippen molar-refractivity contribution in [2.45, 2.75) is 38.5 Å². The van der Waals surface area contributed by atoms with Gasteiger partial charge in [-0.15, -0.1) is 0 Å². The molecule has 1 aromatic rings. The second-order valence-electron chi connectivity index (χ2n) is 6.33. The predicted octanol–water partition coefficient (Wildman–Crippen LogP) is 1.07. The molecule has 3 atom stereocenters. The average molecular weight is 345 g/mol. The number of fused-ring (bicyclic) bond motifs is 1. The van der Waals surface area contributed by atoms with Crippen LogP contribution in [0.25, 0.3) is 0 Å². The summed E-state index contributed by atoms with van der Waals surface area (Å²) in [5.74, 6) is -2.82. The second-order valence-corrected chi connectivity index (χ2v) is 6.33. The molecule has 2 aliphatic heterocycles. The smallest absolute Gasteiger partial charge is 0.352 e. The standard InChI is InChI=1S/C18H19NO6/c1-10(20)15-13-7-12(16(18(23)24)19(13)17(15)22)8-14(21)25-9-11-5-3-2-4-6-11/h2-6,10,13,15,20H,7-9H2,1H3,(H,23,24)/t10-,13-,15-/m1/s1. The predicted molar refractivity (Wildman–Crippen MR) is 85.9 cm³/mol. The third-order valence-electron chi connectivity index (χ3n) is 4.62. The largest absolute Gasteiger partial charge is 0.477 e. The maximum Gasteiger partial charge on any atom is 0.352 e. The minimum Gasteiger partial charge on any atom is -0.477 e. The van der Waals surface area contributed by atoms with Crippen molar-refractivity contribution in [1.29, 1.82) is 0 Å². The molecule has 0 spiro atoms. The van der Waals surface area contributed by atoms with Gasteiger partial charge in [-0.1, -0.05) is 30.3 Å². The number of benzene rings is 1. The topological polar surface area (TPSA) is 104 Å². The first kappa shape index (κ1) is 17.2. The van der Waals surface area contributed by atoms with Crippen LogP contribution in [0.4, 0.5) is 0 Å². The SMILES string of the molecule is C[C@@H](O)[C@H]1C(=O)N2C(C(=O)O)=C(CC(=O)OCc3ccccc3)C[C@H]12. The number of nitrogens with zero attached hydrogens (tertiary/aromatic N) is 1. The monoisotopic (exact) mass is 345 g/mol. The van der Waals surface area contributed by atoms with Crippen LogP contribution in [0.2, 0.25) is 0 Å². The van der Waals surface area contributed by atoms with Crippen molar-refractivity contribution in [3.63, 3.8) is 0 Å². The molecule has 2 N–H and O–H groups in total. The minimum atomic E-state index is -1.24. The molecule has 1 amide bonds. The van der Waals surface area contributed by atoms with Gasteiger partial charge in [-0.05, 0) is 24.5 Å². The van der Waals surface area contributed by atoms with E-state index >= 15 is 0 Å². The number of amides is 1. The number of aliphatic hydroxyl groups is 1. The van der Waals surface area contributed by atoms with Crippen LogP contribution in [0.5, 0.6) is 0 Å². The van der Waals surface area contributed by atoms with Gasteiger partial charge in [0.15, 0.2) is 0 Å². The van der Waals surface area contributed by atoms with Crippen LogP contribution in [-0.2, 0) is 25.7 Å². The number of rotatable bonds is 6. The average Bonchev–Trinajstić information content (AvgIpc) is 2.88. The number of hydrogen-bond donors (Lipinski definition) is 2. The lowest BCUT2D eigenvalue weighted by Gasteiger charge is -2.44. The summed E-state index contributed by atoms with van der Waals surface area (Å²) in [6.07, 6.45) is -0.766. The van der Waals surface area contributed by atoms with Gasteiger partial charge in [0.25, 0.3) is 0 Å². The molecule has 2 heterocycles. The Bertz CT molecular complexity index is 739. The summed E-state index contributed by atoms with van der Waals surface area (Å²) >= 11 is 0. The summed E-state index contributed by atoms with van der Waals surface area (Å²) in [6.45, 7) is 1.62. The van der Waals surface area contributed by atoms with Crippen LogP contribution in [-0.4, -0.2) is 45.1 Å². The highest BCUT2D eigenvalue weighted by Crippen LogP contribution is 2.44. The highest BCUT2D eigenvalue weighted by Gasteiger charge is 2.56. The number of carboxylic acids is 1. The number of aliphatic hydroxyl groups excluding tert-OH is 1. The van der Waals surface area contributed by atoms with Gasteiger partial charge in [-0.2, -0.15) is 0 Å². The van der Waals surface area contributed by atoms with Gasteiger partial charge in [0.2, 0.25) is 5.91 Å². The van der Waals surface area contributed by atoms with Crippen LogP contribution in [0, 0.1) is 5.92 Å². The summed E-state index contributed by atoms with van der Waals surface area (Å²) in [5.41, 5.74) is 1.05. The Kier molecular flexibility index (Phi) is 4.59. The Morgan fingerprint density at radius 2 is 2.00 bits per heavy atom. The molecule has 7 heteroatoms. The summed E-state index contributed by atoms with van der Waals surface area (Å²) in [7, 11) is 0. The van der Waals surface area contributed by atoms with E-state index in [9.17, 15) is 24.6 Å². The molecule has 0 saturated carbocycles. The molecule has 1 aromatic carbocycles. The number of hydrogen-bond acceptors (Lipinski definition) is 5. The molecule has 0 bridgehead atoms. The molecule has 132 valence electrons. The normalized spacial score (nSPS) is 23.1. The number of carboxylic acid groups (broad SMARTS) is 1. The van der Waals surface area contributed by atoms with E-state index < -0.39 is 35.9 Å². The van der Waals surface area contributed by atoms with E-state index in [2.05, 4.69) is 0 Å². The quantitative estimate of drug-likeness (QED) is 0.590. The van der Waals surface area contributed by atoms with E-state index in [0.717, 1.165) is 5.56 Å². The van der Waals surface area contributed by atoms with Crippen LogP contribution >= 0.6 is 0 Å². The zero-order valence-electron chi connectivity index (χ0n) is 13.7. The van der Waals surface area contributed by atoms with E-state index in [4.69, 9.17) is 4.74 Å². The Labute approximate surface area is 144 Å². The molecule has 1 saturated heterocycles. The molecule has 2 aliphatic rings. The maximum atomic E-state index is 12.1. The molecule has 0 radical (unpaired) electrons. The zero-order chi connectivity index (χ0) is 18.1. The van der Waals surface area contributed by atoms with E-state index in [0.29, 0.717) is 5.57 Å². The molecular formula is C18H19NO6. The van der Waals surface area contributed by atoms with Gasteiger partial charge in [0.05, 0.1) is 24.5 Å². The molecule has 0 aliphatic carbocycles. The third-order valence-corrected chi connectivity index (χ3v) is 4.62. The lowest BCUT2D eigenvalue weighted by atomic mass is 9.83. The van der Waals surface area contributed by atoms with Gasteiger partial charge >= 0.3 is 11.9 Å². The van der Waals surface area contributed by atoms with Gasteiger partial charge in [0, 0.05) is 0 Å². The first-order chi connectivity index (χ1) is 11.9. The summed E-state index contributed by atoms with van der Waals surface area (Å²) in [6, 6.07) is 8.77. The lowest BCUT2D eigenvalue weighted by Crippen LogP contribution is -2.61. The van der Waals surface area contributed by atoms with Crippen molar-refractivity contribution in [2.75, 3.05) is 0 Å². The van der Waals surface area contributed by atoms with Crippen molar-refractivity contribution in [3.8, 4) is 0 Å². The summed E-state index contributed by atoms with van der Waals surface area (Å²) in [4.78, 5) is 36.9. The van der Waals surface area contributed by atoms with Gasteiger partial charge in [-0.3, -0.25) is 9.59 Å². The molecule has 1 fully saturated rings. The fraction of sp³-hybridized carbons (Fsp3) is 0.389. The van der Waals surface area contributed by atoms with Crippen molar-refractivity contribution >= 4 is 17.8 Å². The fourth-order valence-corrected chi connectivity index (χ4v) is 3.48. The minimum absolute atomic E-state index is 0.109. The number of carbonyl (C=O) groups excluding carboxylic acids is 2. The number of carbonyl (C=O) groups is 3. The highest BCUT2D eigenvalue weighted by atomic mass is 16.5. The Balaban J connectivity index is 1.68. The summed E-state index contributed by atoms with van der Waals surface area (Å²) < 4.78 is 5.19. The number of ether oxygens (including phenoxy) is 1. The van der Waals surface area contributed by atoms with Gasteiger partial charge < -0.3 is 19.8 Å².